The molecule has 0 spiro atoms. The molecule has 1 atom stereocenters. The first-order chi connectivity index (χ1) is 8.67. The van der Waals surface area contributed by atoms with Crippen LogP contribution in [0, 0.1) is 12.3 Å². The van der Waals surface area contributed by atoms with E-state index >= 15 is 0 Å². The van der Waals surface area contributed by atoms with E-state index in [1.165, 1.54) is 0 Å². The highest BCUT2D eigenvalue weighted by atomic mass is 16.5. The van der Waals surface area contributed by atoms with E-state index in [0.29, 0.717) is 18.7 Å². The van der Waals surface area contributed by atoms with Gasteiger partial charge in [0.25, 0.3) is 0 Å². The second-order valence-electron chi connectivity index (χ2n) is 3.84. The normalized spacial score (nSPS) is 11.6. The van der Waals surface area contributed by atoms with Crippen molar-refractivity contribution in [2.24, 2.45) is 5.73 Å². The van der Waals surface area contributed by atoms with Gasteiger partial charge in [0, 0.05) is 6.54 Å². The average molecular weight is 247 g/mol. The number of hydrogen-bond acceptors (Lipinski definition) is 4. The maximum Gasteiger partial charge on any atom is 0.339 e. The standard InChI is InChI=1S/C14H17NO3/c1-3-7-17-14(16)13-6-4-5-12(8-13)10-18-11(2)9-15/h1,4-6,8,11H,7,9-10,15H2,2H3. The van der Waals surface area contributed by atoms with E-state index in [0.717, 1.165) is 5.56 Å². The van der Waals surface area contributed by atoms with Crippen molar-refractivity contribution in [3.63, 3.8) is 0 Å². The van der Waals surface area contributed by atoms with E-state index in [-0.39, 0.29) is 12.7 Å². The first kappa shape index (κ1) is 14.2. The molecule has 0 amide bonds. The average Bonchev–Trinajstić information content (AvgIpc) is 2.42. The Labute approximate surface area is 107 Å². The molecule has 0 bridgehead atoms. The molecule has 96 valence electrons. The summed E-state index contributed by atoms with van der Waals surface area (Å²) in [5.41, 5.74) is 6.81. The summed E-state index contributed by atoms with van der Waals surface area (Å²) >= 11 is 0. The van der Waals surface area contributed by atoms with Gasteiger partial charge in [-0.05, 0) is 24.6 Å². The third kappa shape index (κ3) is 4.58. The summed E-state index contributed by atoms with van der Waals surface area (Å²) in [6, 6.07) is 7.05. The number of esters is 1. The number of benzene rings is 1. The zero-order valence-electron chi connectivity index (χ0n) is 10.4. The van der Waals surface area contributed by atoms with Gasteiger partial charge in [0.05, 0.1) is 18.3 Å². The van der Waals surface area contributed by atoms with Crippen molar-refractivity contribution in [2.45, 2.75) is 19.6 Å². The van der Waals surface area contributed by atoms with Crippen molar-refractivity contribution in [1.29, 1.82) is 0 Å². The van der Waals surface area contributed by atoms with E-state index in [9.17, 15) is 4.79 Å². The Morgan fingerprint density at radius 3 is 3.00 bits per heavy atom. The predicted molar refractivity (Wildman–Crippen MR) is 68.9 cm³/mol. The summed E-state index contributed by atoms with van der Waals surface area (Å²) in [5.74, 6) is 1.82. The van der Waals surface area contributed by atoms with Gasteiger partial charge in [0.2, 0.25) is 0 Å². The van der Waals surface area contributed by atoms with E-state index in [2.05, 4.69) is 5.92 Å². The highest BCUT2D eigenvalue weighted by Crippen LogP contribution is 2.09. The fourth-order valence-electron chi connectivity index (χ4n) is 1.29. The minimum atomic E-state index is -0.429. The Morgan fingerprint density at radius 1 is 1.56 bits per heavy atom. The monoisotopic (exact) mass is 247 g/mol. The molecule has 0 radical (unpaired) electrons. The summed E-state index contributed by atoms with van der Waals surface area (Å²) in [5, 5.41) is 0. The molecule has 1 aromatic carbocycles. The summed E-state index contributed by atoms with van der Waals surface area (Å²) in [7, 11) is 0. The summed E-state index contributed by atoms with van der Waals surface area (Å²) in [4.78, 5) is 11.6. The highest BCUT2D eigenvalue weighted by molar-refractivity contribution is 5.89. The van der Waals surface area contributed by atoms with Gasteiger partial charge in [-0.2, -0.15) is 0 Å². The topological polar surface area (TPSA) is 61.5 Å². The lowest BCUT2D eigenvalue weighted by Gasteiger charge is -2.10. The largest absolute Gasteiger partial charge is 0.449 e. The van der Waals surface area contributed by atoms with E-state index < -0.39 is 5.97 Å². The molecule has 4 nitrogen and oxygen atoms in total. The molecule has 0 aromatic heterocycles. The van der Waals surface area contributed by atoms with E-state index in [1.807, 2.05) is 13.0 Å². The molecule has 0 fully saturated rings. The Bertz CT molecular complexity index is 437. The van der Waals surface area contributed by atoms with Gasteiger partial charge in [-0.15, -0.1) is 6.42 Å². The molecule has 1 rings (SSSR count). The van der Waals surface area contributed by atoms with Crippen molar-refractivity contribution >= 4 is 5.97 Å². The van der Waals surface area contributed by atoms with Crippen LogP contribution in [0.2, 0.25) is 0 Å². The Balaban J connectivity index is 2.62. The van der Waals surface area contributed by atoms with Gasteiger partial charge >= 0.3 is 5.97 Å². The Kier molecular flexibility index (Phi) is 5.92. The number of terminal acetylenes is 1. The smallest absolute Gasteiger partial charge is 0.339 e. The van der Waals surface area contributed by atoms with Crippen LogP contribution in [0.4, 0.5) is 0 Å². The number of nitrogens with two attached hydrogens (primary N) is 1. The zero-order chi connectivity index (χ0) is 13.4. The van der Waals surface area contributed by atoms with E-state index in [1.54, 1.807) is 18.2 Å². The molecule has 2 N–H and O–H groups in total. The molecular weight excluding hydrogens is 230 g/mol. The number of rotatable bonds is 6. The van der Waals surface area contributed by atoms with Crippen molar-refractivity contribution in [3.05, 3.63) is 35.4 Å². The lowest BCUT2D eigenvalue weighted by molar-refractivity contribution is 0.0551. The minimum Gasteiger partial charge on any atom is -0.449 e. The van der Waals surface area contributed by atoms with Crippen LogP contribution in [0.3, 0.4) is 0 Å². The quantitative estimate of drug-likeness (QED) is 0.608. The molecule has 4 heteroatoms. The molecule has 1 aromatic rings. The fraction of sp³-hybridized carbons (Fsp3) is 0.357. The Morgan fingerprint density at radius 2 is 2.33 bits per heavy atom. The van der Waals surface area contributed by atoms with Crippen LogP contribution < -0.4 is 5.73 Å². The number of carbonyl (C=O) groups excluding carboxylic acids is 1. The predicted octanol–water partition coefficient (Wildman–Crippen LogP) is 1.34. The maximum atomic E-state index is 11.6. The molecular formula is C14H17NO3. The molecule has 1 unspecified atom stereocenters. The van der Waals surface area contributed by atoms with Crippen LogP contribution in [0.25, 0.3) is 0 Å². The van der Waals surface area contributed by atoms with Gasteiger partial charge in [-0.3, -0.25) is 0 Å². The SMILES string of the molecule is C#CCOC(=O)c1cccc(COC(C)CN)c1. The maximum absolute atomic E-state index is 11.6. The number of ether oxygens (including phenoxy) is 2. The lowest BCUT2D eigenvalue weighted by Crippen LogP contribution is -2.19. The summed E-state index contributed by atoms with van der Waals surface area (Å²) < 4.78 is 10.3. The van der Waals surface area contributed by atoms with Crippen LogP contribution in [-0.2, 0) is 16.1 Å². The Hall–Kier alpha value is -1.83. The van der Waals surface area contributed by atoms with Crippen LogP contribution in [0.5, 0.6) is 0 Å². The lowest BCUT2D eigenvalue weighted by atomic mass is 10.1. The third-order valence-electron chi connectivity index (χ3n) is 2.32. The summed E-state index contributed by atoms with van der Waals surface area (Å²) in [6.45, 7) is 2.74. The van der Waals surface area contributed by atoms with Gasteiger partial charge in [-0.25, -0.2) is 4.79 Å². The van der Waals surface area contributed by atoms with Crippen LogP contribution in [-0.4, -0.2) is 25.2 Å². The minimum absolute atomic E-state index is 0.0120. The molecule has 0 saturated carbocycles. The van der Waals surface area contributed by atoms with Crippen molar-refractivity contribution in [1.82, 2.24) is 0 Å². The highest BCUT2D eigenvalue weighted by Gasteiger charge is 2.07. The summed E-state index contributed by atoms with van der Waals surface area (Å²) in [6.07, 6.45) is 5.01. The number of hydrogen-bond donors (Lipinski definition) is 1. The second-order valence-corrected chi connectivity index (χ2v) is 3.84. The number of carbonyl (C=O) groups is 1. The van der Waals surface area contributed by atoms with Gasteiger partial charge in [0.15, 0.2) is 6.61 Å². The first-order valence-electron chi connectivity index (χ1n) is 5.68. The first-order valence-corrected chi connectivity index (χ1v) is 5.68. The van der Waals surface area contributed by atoms with Crippen LogP contribution >= 0.6 is 0 Å². The molecule has 0 aliphatic heterocycles. The molecule has 0 aliphatic rings. The van der Waals surface area contributed by atoms with Gasteiger partial charge < -0.3 is 15.2 Å². The van der Waals surface area contributed by atoms with Gasteiger partial charge in [0.1, 0.15) is 0 Å². The zero-order valence-corrected chi connectivity index (χ0v) is 10.4. The molecule has 0 heterocycles. The van der Waals surface area contributed by atoms with Crippen LogP contribution in [0.1, 0.15) is 22.8 Å². The van der Waals surface area contributed by atoms with E-state index in [4.69, 9.17) is 21.6 Å². The second kappa shape index (κ2) is 7.49. The van der Waals surface area contributed by atoms with Crippen molar-refractivity contribution < 1.29 is 14.3 Å². The van der Waals surface area contributed by atoms with Crippen molar-refractivity contribution in [3.8, 4) is 12.3 Å². The van der Waals surface area contributed by atoms with Gasteiger partial charge in [-0.1, -0.05) is 18.1 Å². The molecule has 18 heavy (non-hydrogen) atoms. The fourth-order valence-corrected chi connectivity index (χ4v) is 1.29. The van der Waals surface area contributed by atoms with Crippen molar-refractivity contribution in [2.75, 3.05) is 13.2 Å². The molecule has 0 aliphatic carbocycles. The van der Waals surface area contributed by atoms with Crippen LogP contribution in [0.15, 0.2) is 24.3 Å². The molecule has 0 saturated heterocycles. The third-order valence-corrected chi connectivity index (χ3v) is 2.32.